The molecule has 0 fully saturated rings. The van der Waals surface area contributed by atoms with Gasteiger partial charge < -0.3 is 9.84 Å². The first kappa shape index (κ1) is 17.4. The second-order valence-corrected chi connectivity index (χ2v) is 5.88. The quantitative estimate of drug-likeness (QED) is 0.659. The number of fused-ring (bicyclic) bond motifs is 1. The summed E-state index contributed by atoms with van der Waals surface area (Å²) in [5, 5.41) is 11.1. The predicted octanol–water partition coefficient (Wildman–Crippen LogP) is 3.81. The number of carbonyl (C=O) groups is 1. The van der Waals surface area contributed by atoms with Crippen LogP contribution in [0.4, 0.5) is 17.6 Å². The molecule has 7 heteroatoms. The highest BCUT2D eigenvalue weighted by atomic mass is 19.4. The summed E-state index contributed by atoms with van der Waals surface area (Å²) >= 11 is 0. The van der Waals surface area contributed by atoms with E-state index in [4.69, 9.17) is 0 Å². The van der Waals surface area contributed by atoms with Crippen molar-refractivity contribution >= 4 is 5.97 Å². The highest BCUT2D eigenvalue weighted by Crippen LogP contribution is 2.47. The summed E-state index contributed by atoms with van der Waals surface area (Å²) in [5.74, 6) is -1.79. The molecule has 0 saturated carbocycles. The third kappa shape index (κ3) is 2.78. The maximum atomic E-state index is 14.0. The summed E-state index contributed by atoms with van der Waals surface area (Å²) in [7, 11) is 1.07. The van der Waals surface area contributed by atoms with Crippen LogP contribution in [0, 0.1) is 5.82 Å². The van der Waals surface area contributed by atoms with Crippen LogP contribution >= 0.6 is 0 Å². The number of aliphatic hydroxyl groups is 1. The number of esters is 1. The van der Waals surface area contributed by atoms with Gasteiger partial charge in [0.1, 0.15) is 11.4 Å². The summed E-state index contributed by atoms with van der Waals surface area (Å²) in [5.41, 5.74) is -3.21. The molecule has 1 aliphatic carbocycles. The van der Waals surface area contributed by atoms with Gasteiger partial charge in [0.15, 0.2) is 0 Å². The molecule has 1 aliphatic rings. The van der Waals surface area contributed by atoms with E-state index in [1.807, 2.05) is 0 Å². The van der Waals surface area contributed by atoms with Crippen LogP contribution in [-0.4, -0.2) is 18.2 Å². The topological polar surface area (TPSA) is 46.5 Å². The highest BCUT2D eigenvalue weighted by Gasteiger charge is 2.45. The van der Waals surface area contributed by atoms with Crippen LogP contribution < -0.4 is 0 Å². The summed E-state index contributed by atoms with van der Waals surface area (Å²) in [6.07, 6.45) is -4.50. The smallest absolute Gasteiger partial charge is 0.416 e. The van der Waals surface area contributed by atoms with Crippen molar-refractivity contribution in [3.05, 3.63) is 70.0 Å². The number of benzene rings is 2. The lowest BCUT2D eigenvalue weighted by Crippen LogP contribution is -2.28. The maximum absolute atomic E-state index is 14.0. The van der Waals surface area contributed by atoms with Crippen molar-refractivity contribution in [3.63, 3.8) is 0 Å². The fraction of sp³-hybridized carbons (Fsp3) is 0.278. The SMILES string of the molecule is COC(=O)c1cc2c(cc1F)CCC2(O)c1ccccc1C(F)(F)F. The molecule has 132 valence electrons. The van der Waals surface area contributed by atoms with Crippen molar-refractivity contribution in [3.8, 4) is 0 Å². The fourth-order valence-electron chi connectivity index (χ4n) is 3.29. The van der Waals surface area contributed by atoms with E-state index in [-0.39, 0.29) is 24.0 Å². The van der Waals surface area contributed by atoms with Crippen LogP contribution in [0.15, 0.2) is 36.4 Å². The monoisotopic (exact) mass is 354 g/mol. The molecule has 0 saturated heterocycles. The molecule has 1 atom stereocenters. The minimum Gasteiger partial charge on any atom is -0.465 e. The number of aryl methyl sites for hydroxylation is 1. The molecular weight excluding hydrogens is 340 g/mol. The van der Waals surface area contributed by atoms with E-state index in [1.165, 1.54) is 18.2 Å². The van der Waals surface area contributed by atoms with E-state index >= 15 is 0 Å². The van der Waals surface area contributed by atoms with Crippen LogP contribution in [-0.2, 0) is 22.9 Å². The van der Waals surface area contributed by atoms with Crippen LogP contribution in [0.5, 0.6) is 0 Å². The number of ether oxygens (including phenoxy) is 1. The second kappa shape index (κ2) is 5.84. The minimum absolute atomic E-state index is 0.0422. The molecule has 0 aliphatic heterocycles. The Labute approximate surface area is 140 Å². The van der Waals surface area contributed by atoms with Gasteiger partial charge in [0, 0.05) is 5.56 Å². The number of rotatable bonds is 2. The second-order valence-electron chi connectivity index (χ2n) is 5.88. The molecule has 2 aromatic carbocycles. The van der Waals surface area contributed by atoms with E-state index in [0.717, 1.165) is 25.3 Å². The number of carbonyl (C=O) groups excluding carboxylic acids is 1. The molecule has 0 heterocycles. The zero-order chi connectivity index (χ0) is 18.4. The highest BCUT2D eigenvalue weighted by molar-refractivity contribution is 5.90. The Kier molecular flexibility index (Phi) is 4.07. The molecule has 3 nitrogen and oxygen atoms in total. The van der Waals surface area contributed by atoms with Gasteiger partial charge in [-0.05, 0) is 42.2 Å². The largest absolute Gasteiger partial charge is 0.465 e. The van der Waals surface area contributed by atoms with Crippen LogP contribution in [0.3, 0.4) is 0 Å². The first-order chi connectivity index (χ1) is 11.7. The van der Waals surface area contributed by atoms with Gasteiger partial charge in [0.2, 0.25) is 0 Å². The van der Waals surface area contributed by atoms with Gasteiger partial charge in [-0.2, -0.15) is 13.2 Å². The Morgan fingerprint density at radius 1 is 1.20 bits per heavy atom. The van der Waals surface area contributed by atoms with E-state index in [2.05, 4.69) is 4.74 Å². The number of hydrogen-bond acceptors (Lipinski definition) is 3. The average Bonchev–Trinajstić information content (AvgIpc) is 2.90. The van der Waals surface area contributed by atoms with Crippen LogP contribution in [0.1, 0.15) is 39.0 Å². The molecule has 0 amide bonds. The number of methoxy groups -OCH3 is 1. The predicted molar refractivity (Wildman–Crippen MR) is 80.5 cm³/mol. The Balaban J connectivity index is 2.22. The first-order valence-electron chi connectivity index (χ1n) is 7.49. The Hall–Kier alpha value is -2.41. The van der Waals surface area contributed by atoms with E-state index < -0.39 is 34.7 Å². The molecular formula is C18H14F4O3. The van der Waals surface area contributed by atoms with Crippen molar-refractivity contribution in [1.82, 2.24) is 0 Å². The van der Waals surface area contributed by atoms with Gasteiger partial charge in [-0.3, -0.25) is 0 Å². The minimum atomic E-state index is -4.65. The third-order valence-electron chi connectivity index (χ3n) is 4.48. The first-order valence-corrected chi connectivity index (χ1v) is 7.49. The molecule has 25 heavy (non-hydrogen) atoms. The van der Waals surface area contributed by atoms with Crippen molar-refractivity contribution in [2.45, 2.75) is 24.6 Å². The zero-order valence-electron chi connectivity index (χ0n) is 13.2. The summed E-state index contributed by atoms with van der Waals surface area (Å²) < 4.78 is 58.5. The Morgan fingerprint density at radius 2 is 1.88 bits per heavy atom. The Bertz CT molecular complexity index is 845. The Morgan fingerprint density at radius 3 is 2.52 bits per heavy atom. The lowest BCUT2D eigenvalue weighted by atomic mass is 9.84. The van der Waals surface area contributed by atoms with Crippen LogP contribution in [0.25, 0.3) is 0 Å². The van der Waals surface area contributed by atoms with Crippen molar-refractivity contribution in [2.24, 2.45) is 0 Å². The molecule has 1 unspecified atom stereocenters. The maximum Gasteiger partial charge on any atom is 0.416 e. The molecule has 0 bridgehead atoms. The van der Waals surface area contributed by atoms with Crippen molar-refractivity contribution in [1.29, 1.82) is 0 Å². The lowest BCUT2D eigenvalue weighted by molar-refractivity contribution is -0.140. The van der Waals surface area contributed by atoms with Crippen molar-refractivity contribution in [2.75, 3.05) is 7.11 Å². The van der Waals surface area contributed by atoms with Gasteiger partial charge >= 0.3 is 12.1 Å². The van der Waals surface area contributed by atoms with Gasteiger partial charge in [0.25, 0.3) is 0 Å². The molecule has 0 aromatic heterocycles. The third-order valence-corrected chi connectivity index (χ3v) is 4.48. The number of halogens is 4. The van der Waals surface area contributed by atoms with Gasteiger partial charge in [-0.15, -0.1) is 0 Å². The molecule has 1 N–H and O–H groups in total. The normalized spacial score (nSPS) is 19.6. The number of alkyl halides is 3. The number of hydrogen-bond donors (Lipinski definition) is 1. The average molecular weight is 354 g/mol. The van der Waals surface area contributed by atoms with Gasteiger partial charge in [-0.1, -0.05) is 18.2 Å². The standard InChI is InChI=1S/C18H14F4O3/c1-25-16(23)11-9-14-10(8-15(11)19)6-7-17(14,24)12-4-2-3-5-13(12)18(20,21)22/h2-5,8-9,24H,6-7H2,1H3. The summed E-state index contributed by atoms with van der Waals surface area (Å²) in [6, 6.07) is 6.85. The summed E-state index contributed by atoms with van der Waals surface area (Å²) in [6.45, 7) is 0. The van der Waals surface area contributed by atoms with E-state index in [1.54, 1.807) is 0 Å². The molecule has 0 radical (unpaired) electrons. The lowest BCUT2D eigenvalue weighted by Gasteiger charge is -2.28. The van der Waals surface area contributed by atoms with Gasteiger partial charge in [0.05, 0.1) is 18.2 Å². The van der Waals surface area contributed by atoms with E-state index in [0.29, 0.717) is 5.56 Å². The van der Waals surface area contributed by atoms with Crippen molar-refractivity contribution < 1.29 is 32.2 Å². The van der Waals surface area contributed by atoms with Gasteiger partial charge in [-0.25, -0.2) is 9.18 Å². The zero-order valence-corrected chi connectivity index (χ0v) is 13.2. The molecule has 3 rings (SSSR count). The van der Waals surface area contributed by atoms with E-state index in [9.17, 15) is 27.5 Å². The molecule has 0 spiro atoms. The molecule has 2 aromatic rings. The fourth-order valence-corrected chi connectivity index (χ4v) is 3.29. The summed E-state index contributed by atoms with van der Waals surface area (Å²) in [4.78, 5) is 11.7. The van der Waals surface area contributed by atoms with Crippen LogP contribution in [0.2, 0.25) is 0 Å².